The molecule has 176 valence electrons. The lowest BCUT2D eigenvalue weighted by atomic mass is 9.89. The second-order valence-corrected chi connectivity index (χ2v) is 7.64. The summed E-state index contributed by atoms with van der Waals surface area (Å²) in [6, 6.07) is 2.83. The highest BCUT2D eigenvalue weighted by atomic mass is 35.5. The summed E-state index contributed by atoms with van der Waals surface area (Å²) in [5.41, 5.74) is 3.71. The third kappa shape index (κ3) is 4.15. The van der Waals surface area contributed by atoms with E-state index < -0.39 is 47.7 Å². The Morgan fingerprint density at radius 2 is 1.72 bits per heavy atom. The molecule has 1 aliphatic rings. The zero-order valence-electron chi connectivity index (χ0n) is 16.3. The van der Waals surface area contributed by atoms with Crippen LogP contribution in [-0.4, -0.2) is 41.2 Å². The average molecular weight is 491 g/mol. The van der Waals surface area contributed by atoms with E-state index >= 15 is 0 Å². The molecule has 14 heteroatoms. The van der Waals surface area contributed by atoms with E-state index in [0.717, 1.165) is 13.1 Å². The average Bonchev–Trinajstić information content (AvgIpc) is 3.25. The Kier molecular flexibility index (Phi) is 5.96. The molecule has 0 aliphatic carbocycles. The van der Waals surface area contributed by atoms with Gasteiger partial charge in [0, 0.05) is 29.7 Å². The van der Waals surface area contributed by atoms with Gasteiger partial charge in [-0.1, -0.05) is 16.8 Å². The molecule has 32 heavy (non-hydrogen) atoms. The summed E-state index contributed by atoms with van der Waals surface area (Å²) in [4.78, 5) is 0. The Bertz CT molecular complexity index is 1030. The highest BCUT2D eigenvalue weighted by Gasteiger charge is 2.69. The number of benzene rings is 1. The van der Waals surface area contributed by atoms with E-state index in [9.17, 15) is 35.1 Å². The van der Waals surface area contributed by atoms with E-state index in [1.165, 1.54) is 18.2 Å². The molecule has 5 nitrogen and oxygen atoms in total. The normalized spacial score (nSPS) is 21.1. The minimum atomic E-state index is -6.27. The molecule has 2 aromatic rings. The van der Waals surface area contributed by atoms with Gasteiger partial charge in [-0.3, -0.25) is 5.01 Å². The number of hydrogen-bond donors (Lipinski definition) is 1. The first kappa shape index (κ1) is 24.2. The van der Waals surface area contributed by atoms with Crippen molar-refractivity contribution in [2.75, 3.05) is 7.05 Å². The van der Waals surface area contributed by atoms with Crippen LogP contribution in [0.1, 0.15) is 30.3 Å². The van der Waals surface area contributed by atoms with Gasteiger partial charge in [0.2, 0.25) is 0 Å². The molecule has 1 aromatic heterocycles. The molecule has 0 saturated carbocycles. The largest absolute Gasteiger partial charge is 0.459 e. The lowest BCUT2D eigenvalue weighted by molar-refractivity contribution is -0.254. The molecular weight excluding hydrogens is 476 g/mol. The number of aromatic nitrogens is 1. The Morgan fingerprint density at radius 3 is 2.25 bits per heavy atom. The standard InChI is InChI=1S/C18H15ClF8N4O/c1-7(28)9-5-8(3-4-10(9)19)12-6-11(30-32-12)14-13(17(22,23)24)15(29-31(14)2)16(20,21)18(25,26)27/h3-7,13-14H,28H2,1-2H3/t7-,13?,14?/m0/s1. The molecule has 0 spiro atoms. The lowest BCUT2D eigenvalue weighted by Gasteiger charge is -2.28. The van der Waals surface area contributed by atoms with Crippen LogP contribution in [0.25, 0.3) is 11.3 Å². The summed E-state index contributed by atoms with van der Waals surface area (Å²) in [7, 11) is 0.841. The molecule has 3 rings (SSSR count). The van der Waals surface area contributed by atoms with Gasteiger partial charge >= 0.3 is 18.3 Å². The Morgan fingerprint density at radius 1 is 1.09 bits per heavy atom. The maximum absolute atomic E-state index is 13.9. The van der Waals surface area contributed by atoms with E-state index in [1.54, 1.807) is 6.92 Å². The van der Waals surface area contributed by atoms with Crippen molar-refractivity contribution in [3.8, 4) is 11.3 Å². The molecule has 2 heterocycles. The van der Waals surface area contributed by atoms with Crippen molar-refractivity contribution in [2.24, 2.45) is 16.8 Å². The van der Waals surface area contributed by atoms with Crippen molar-refractivity contribution in [2.45, 2.75) is 37.3 Å². The Labute approximate surface area is 180 Å². The van der Waals surface area contributed by atoms with Gasteiger partial charge in [0.25, 0.3) is 0 Å². The fourth-order valence-corrected chi connectivity index (χ4v) is 3.66. The molecule has 1 aliphatic heterocycles. The lowest BCUT2D eigenvalue weighted by Crippen LogP contribution is -2.50. The highest BCUT2D eigenvalue weighted by molar-refractivity contribution is 6.31. The first-order valence-electron chi connectivity index (χ1n) is 8.90. The number of nitrogens with two attached hydrogens (primary N) is 1. The summed E-state index contributed by atoms with van der Waals surface area (Å²) < 4.78 is 112. The van der Waals surface area contributed by atoms with Crippen LogP contribution in [0.2, 0.25) is 5.02 Å². The zero-order chi connectivity index (χ0) is 24.2. The molecule has 0 fully saturated rings. The third-order valence-corrected chi connectivity index (χ3v) is 5.26. The number of alkyl halides is 8. The fraction of sp³-hybridized carbons (Fsp3) is 0.444. The van der Waals surface area contributed by atoms with Crippen LogP contribution >= 0.6 is 11.6 Å². The van der Waals surface area contributed by atoms with Crippen LogP contribution in [0.4, 0.5) is 35.1 Å². The first-order valence-corrected chi connectivity index (χ1v) is 9.28. The molecule has 2 unspecified atom stereocenters. The highest BCUT2D eigenvalue weighted by Crippen LogP contribution is 2.51. The summed E-state index contributed by atoms with van der Waals surface area (Å²) in [6.07, 6.45) is -11.7. The summed E-state index contributed by atoms with van der Waals surface area (Å²) in [6.45, 7) is 1.64. The molecule has 0 bridgehead atoms. The maximum atomic E-state index is 13.9. The second kappa shape index (κ2) is 7.87. The monoisotopic (exact) mass is 490 g/mol. The van der Waals surface area contributed by atoms with Crippen LogP contribution in [0, 0.1) is 5.92 Å². The van der Waals surface area contributed by atoms with Crippen molar-refractivity contribution in [1.29, 1.82) is 0 Å². The van der Waals surface area contributed by atoms with E-state index in [4.69, 9.17) is 21.9 Å². The molecule has 3 atom stereocenters. The fourth-order valence-electron chi connectivity index (χ4n) is 3.37. The van der Waals surface area contributed by atoms with Gasteiger partial charge in [0.1, 0.15) is 23.4 Å². The van der Waals surface area contributed by atoms with Gasteiger partial charge < -0.3 is 10.3 Å². The van der Waals surface area contributed by atoms with Gasteiger partial charge in [0.15, 0.2) is 5.76 Å². The molecule has 1 aromatic carbocycles. The van der Waals surface area contributed by atoms with Crippen LogP contribution in [0.3, 0.4) is 0 Å². The minimum Gasteiger partial charge on any atom is -0.356 e. The van der Waals surface area contributed by atoms with Crippen molar-refractivity contribution in [3.05, 3.63) is 40.5 Å². The minimum absolute atomic E-state index is 0.0658. The predicted molar refractivity (Wildman–Crippen MR) is 98.0 cm³/mol. The SMILES string of the molecule is C[C@H](N)c1cc(-c2cc(C3C(C(F)(F)F)C(C(F)(F)C(F)(F)F)=NN3C)no2)ccc1Cl. The van der Waals surface area contributed by atoms with E-state index in [-0.39, 0.29) is 5.76 Å². The Balaban J connectivity index is 2.04. The number of halogens is 9. The molecule has 0 amide bonds. The van der Waals surface area contributed by atoms with E-state index in [1.807, 2.05) is 0 Å². The van der Waals surface area contributed by atoms with Crippen LogP contribution in [0.15, 0.2) is 33.9 Å². The topological polar surface area (TPSA) is 67.7 Å². The van der Waals surface area contributed by atoms with E-state index in [2.05, 4.69) is 10.3 Å². The van der Waals surface area contributed by atoms with Gasteiger partial charge in [-0.25, -0.2) is 0 Å². The summed E-state index contributed by atoms with van der Waals surface area (Å²) >= 11 is 6.04. The Hall–Kier alpha value is -2.41. The smallest absolute Gasteiger partial charge is 0.356 e. The molecule has 0 radical (unpaired) electrons. The number of hydrogen-bond acceptors (Lipinski definition) is 5. The van der Waals surface area contributed by atoms with Gasteiger partial charge in [-0.05, 0) is 30.7 Å². The van der Waals surface area contributed by atoms with Crippen LogP contribution < -0.4 is 5.73 Å². The van der Waals surface area contributed by atoms with Crippen molar-refractivity contribution in [3.63, 3.8) is 0 Å². The van der Waals surface area contributed by atoms with Crippen LogP contribution in [-0.2, 0) is 0 Å². The molecular formula is C18H15ClF8N4O. The first-order chi connectivity index (χ1) is 14.6. The quantitative estimate of drug-likeness (QED) is 0.556. The molecule has 2 N–H and O–H groups in total. The van der Waals surface area contributed by atoms with E-state index in [0.29, 0.717) is 21.2 Å². The van der Waals surface area contributed by atoms with Gasteiger partial charge in [0.05, 0.1) is 0 Å². The van der Waals surface area contributed by atoms with Crippen molar-refractivity contribution in [1.82, 2.24) is 10.2 Å². The summed E-state index contributed by atoms with van der Waals surface area (Å²) in [5.74, 6) is -9.14. The van der Waals surface area contributed by atoms with Crippen molar-refractivity contribution >= 4 is 17.3 Å². The van der Waals surface area contributed by atoms with Gasteiger partial charge in [-0.15, -0.1) is 0 Å². The van der Waals surface area contributed by atoms with Crippen molar-refractivity contribution < 1.29 is 39.6 Å². The predicted octanol–water partition coefficient (Wildman–Crippen LogP) is 5.73. The maximum Gasteiger partial charge on any atom is 0.459 e. The zero-order valence-corrected chi connectivity index (χ0v) is 17.0. The number of hydrazone groups is 1. The summed E-state index contributed by atoms with van der Waals surface area (Å²) in [5, 5.41) is 7.08. The van der Waals surface area contributed by atoms with Crippen LogP contribution in [0.5, 0.6) is 0 Å². The number of rotatable bonds is 4. The molecule has 0 saturated heterocycles. The second-order valence-electron chi connectivity index (χ2n) is 7.24. The van der Waals surface area contributed by atoms with Gasteiger partial charge in [-0.2, -0.15) is 40.2 Å². The number of nitrogens with zero attached hydrogens (tertiary/aromatic N) is 3. The third-order valence-electron chi connectivity index (χ3n) is 4.91.